The number of halogens is 1. The summed E-state index contributed by atoms with van der Waals surface area (Å²) in [5, 5.41) is 29.7. The molecular formula is C23H22ClNO5S. The molecule has 3 aromatic rings. The van der Waals surface area contributed by atoms with Crippen molar-refractivity contribution in [2.45, 2.75) is 25.9 Å². The molecule has 0 saturated heterocycles. The molecule has 31 heavy (non-hydrogen) atoms. The van der Waals surface area contributed by atoms with E-state index in [0.717, 1.165) is 13.0 Å². The number of rotatable bonds is 4. The summed E-state index contributed by atoms with van der Waals surface area (Å²) >= 11 is 7.92. The maximum Gasteiger partial charge on any atom is 0.335 e. The number of hydrogen-bond donors (Lipinski definition) is 3. The zero-order valence-electron chi connectivity index (χ0n) is 16.8. The highest BCUT2D eigenvalue weighted by Crippen LogP contribution is 2.33. The van der Waals surface area contributed by atoms with Crippen LogP contribution >= 0.6 is 22.9 Å². The highest BCUT2D eigenvalue weighted by atomic mass is 35.5. The predicted molar refractivity (Wildman–Crippen MR) is 120 cm³/mol. The van der Waals surface area contributed by atoms with E-state index in [1.807, 2.05) is 17.0 Å². The highest BCUT2D eigenvalue weighted by molar-refractivity contribution is 7.10. The number of aryl methyl sites for hydroxylation is 1. The number of nitrogens with zero attached hydrogens (tertiary/aromatic N) is 1. The van der Waals surface area contributed by atoms with Crippen LogP contribution < -0.4 is 0 Å². The number of carboxylic acid groups (broad SMARTS) is 2. The highest BCUT2D eigenvalue weighted by Gasteiger charge is 2.31. The maximum atomic E-state index is 11.7. The average molecular weight is 460 g/mol. The number of aliphatic carboxylic acids is 1. The van der Waals surface area contributed by atoms with E-state index in [1.54, 1.807) is 30.4 Å². The molecule has 1 aliphatic rings. The second-order valence-corrected chi connectivity index (χ2v) is 8.57. The summed E-state index contributed by atoms with van der Waals surface area (Å²) < 4.78 is 0. The van der Waals surface area contributed by atoms with E-state index in [4.69, 9.17) is 21.8 Å². The van der Waals surface area contributed by atoms with Crippen molar-refractivity contribution < 1.29 is 24.9 Å². The third-order valence-corrected chi connectivity index (χ3v) is 6.45. The van der Waals surface area contributed by atoms with E-state index in [-0.39, 0.29) is 11.3 Å². The standard InChI is InChI=1S/C15H14ClNO2S.C8H8O3/c16-12-4-2-1-3-11(12)14(15(18)19)17-7-5-13-10(9-17)6-8-20-13;1-5-4-6(8(10)11)2-3-7(5)9/h1-4,6,8,14H,5,7,9H2,(H,18,19);2-4,9H,1H3,(H,10,11)/t14-;/m0./s1. The molecule has 6 nitrogen and oxygen atoms in total. The molecule has 0 radical (unpaired) electrons. The van der Waals surface area contributed by atoms with Crippen LogP contribution in [0.5, 0.6) is 5.75 Å². The molecule has 0 amide bonds. The molecule has 0 bridgehead atoms. The lowest BCUT2D eigenvalue weighted by atomic mass is 10.0. The van der Waals surface area contributed by atoms with Gasteiger partial charge in [0.05, 0.1) is 5.56 Å². The number of carboxylic acids is 2. The van der Waals surface area contributed by atoms with Crippen molar-refractivity contribution in [3.05, 3.63) is 86.1 Å². The fourth-order valence-corrected chi connectivity index (χ4v) is 4.59. The Morgan fingerprint density at radius 1 is 1.13 bits per heavy atom. The summed E-state index contributed by atoms with van der Waals surface area (Å²) in [5.74, 6) is -1.71. The van der Waals surface area contributed by atoms with Crippen molar-refractivity contribution in [2.24, 2.45) is 0 Å². The molecule has 0 aliphatic carbocycles. The predicted octanol–water partition coefficient (Wildman–Crippen LogP) is 4.98. The van der Waals surface area contributed by atoms with E-state index < -0.39 is 18.0 Å². The molecule has 0 saturated carbocycles. The molecule has 0 spiro atoms. The molecule has 3 N–H and O–H groups in total. The van der Waals surface area contributed by atoms with Crippen LogP contribution in [0.15, 0.2) is 53.9 Å². The Kier molecular flexibility index (Phi) is 7.33. The number of aromatic hydroxyl groups is 1. The summed E-state index contributed by atoms with van der Waals surface area (Å²) in [6.45, 7) is 3.07. The van der Waals surface area contributed by atoms with E-state index in [1.165, 1.54) is 28.6 Å². The van der Waals surface area contributed by atoms with Gasteiger partial charge in [-0.25, -0.2) is 4.79 Å². The average Bonchev–Trinajstić information content (AvgIpc) is 3.20. The summed E-state index contributed by atoms with van der Waals surface area (Å²) in [7, 11) is 0. The Balaban J connectivity index is 0.000000210. The first kappa shape index (κ1) is 22.8. The van der Waals surface area contributed by atoms with Crippen molar-refractivity contribution in [1.82, 2.24) is 4.90 Å². The summed E-state index contributed by atoms with van der Waals surface area (Å²) in [5.41, 5.74) is 2.67. The second kappa shape index (κ2) is 9.96. The Hall–Kier alpha value is -2.87. The molecule has 0 unspecified atom stereocenters. The van der Waals surface area contributed by atoms with E-state index in [9.17, 15) is 14.7 Å². The normalized spacial score (nSPS) is 14.1. The van der Waals surface area contributed by atoms with Gasteiger partial charge >= 0.3 is 11.9 Å². The van der Waals surface area contributed by atoms with Crippen LogP contribution in [0.25, 0.3) is 0 Å². The Bertz CT molecular complexity index is 1100. The summed E-state index contributed by atoms with van der Waals surface area (Å²) in [6.07, 6.45) is 0.904. The molecule has 8 heteroatoms. The largest absolute Gasteiger partial charge is 0.508 e. The first-order valence-electron chi connectivity index (χ1n) is 9.57. The topological polar surface area (TPSA) is 98.1 Å². The molecule has 2 aromatic carbocycles. The van der Waals surface area contributed by atoms with Gasteiger partial charge in [-0.15, -0.1) is 11.3 Å². The number of carbonyl (C=O) groups is 2. The molecular weight excluding hydrogens is 438 g/mol. The number of thiophene rings is 1. The van der Waals surface area contributed by atoms with Crippen molar-refractivity contribution in [1.29, 1.82) is 0 Å². The first-order valence-corrected chi connectivity index (χ1v) is 10.8. The minimum atomic E-state index is -0.979. The van der Waals surface area contributed by atoms with Crippen molar-refractivity contribution in [2.75, 3.05) is 6.54 Å². The molecule has 1 aromatic heterocycles. The van der Waals surface area contributed by atoms with E-state index >= 15 is 0 Å². The zero-order chi connectivity index (χ0) is 22.5. The van der Waals surface area contributed by atoms with Crippen LogP contribution in [0.4, 0.5) is 0 Å². The van der Waals surface area contributed by atoms with E-state index in [2.05, 4.69) is 11.4 Å². The number of hydrogen-bond acceptors (Lipinski definition) is 5. The van der Waals surface area contributed by atoms with Crippen LogP contribution in [0.1, 0.15) is 38.0 Å². The summed E-state index contributed by atoms with van der Waals surface area (Å²) in [4.78, 5) is 25.4. The molecule has 0 fully saturated rings. The SMILES string of the molecule is Cc1cc(C(=O)O)ccc1O.O=C(O)[C@H](c1ccccc1Cl)N1CCc2sccc2C1. The van der Waals surface area contributed by atoms with Gasteiger partial charge in [-0.3, -0.25) is 9.69 Å². The Morgan fingerprint density at radius 2 is 1.87 bits per heavy atom. The van der Waals surface area contributed by atoms with Gasteiger partial charge in [0.25, 0.3) is 0 Å². The monoisotopic (exact) mass is 459 g/mol. The fourth-order valence-electron chi connectivity index (χ4n) is 3.46. The fraction of sp³-hybridized carbons (Fsp3) is 0.217. The van der Waals surface area contributed by atoms with Crippen molar-refractivity contribution in [3.8, 4) is 5.75 Å². The third kappa shape index (κ3) is 5.44. The van der Waals surface area contributed by atoms with Crippen LogP contribution in [0, 0.1) is 6.92 Å². The molecule has 162 valence electrons. The van der Waals surface area contributed by atoms with Gasteiger partial charge in [-0.1, -0.05) is 29.8 Å². The maximum absolute atomic E-state index is 11.7. The van der Waals surface area contributed by atoms with Gasteiger partial charge in [-0.2, -0.15) is 0 Å². The minimum Gasteiger partial charge on any atom is -0.508 e. The smallest absolute Gasteiger partial charge is 0.335 e. The Morgan fingerprint density at radius 3 is 2.52 bits per heavy atom. The van der Waals surface area contributed by atoms with Crippen LogP contribution in [-0.4, -0.2) is 38.7 Å². The van der Waals surface area contributed by atoms with Crippen LogP contribution in [0.3, 0.4) is 0 Å². The zero-order valence-corrected chi connectivity index (χ0v) is 18.4. The lowest BCUT2D eigenvalue weighted by Crippen LogP contribution is -2.37. The molecule has 4 rings (SSSR count). The van der Waals surface area contributed by atoms with Crippen LogP contribution in [0.2, 0.25) is 5.02 Å². The number of benzene rings is 2. The lowest BCUT2D eigenvalue weighted by molar-refractivity contribution is -0.144. The minimum absolute atomic E-state index is 0.120. The van der Waals surface area contributed by atoms with Crippen molar-refractivity contribution in [3.63, 3.8) is 0 Å². The number of aromatic carboxylic acids is 1. The van der Waals surface area contributed by atoms with Gasteiger partial charge in [0.1, 0.15) is 11.8 Å². The van der Waals surface area contributed by atoms with Gasteiger partial charge in [0.15, 0.2) is 0 Å². The van der Waals surface area contributed by atoms with Gasteiger partial charge < -0.3 is 15.3 Å². The number of phenols is 1. The molecule has 1 atom stereocenters. The van der Waals surface area contributed by atoms with Crippen LogP contribution in [-0.2, 0) is 17.8 Å². The second-order valence-electron chi connectivity index (χ2n) is 7.16. The Labute approximate surface area is 189 Å². The van der Waals surface area contributed by atoms with Gasteiger partial charge in [-0.05, 0) is 65.7 Å². The third-order valence-electron chi connectivity index (χ3n) is 5.08. The summed E-state index contributed by atoms with van der Waals surface area (Å²) in [6, 6.07) is 12.8. The molecule has 1 aliphatic heterocycles. The van der Waals surface area contributed by atoms with Gasteiger partial charge in [0.2, 0.25) is 0 Å². The van der Waals surface area contributed by atoms with Gasteiger partial charge in [0, 0.05) is 23.0 Å². The number of phenolic OH excluding ortho intramolecular Hbond substituents is 1. The quantitative estimate of drug-likeness (QED) is 0.508. The van der Waals surface area contributed by atoms with E-state index in [0.29, 0.717) is 22.7 Å². The number of fused-ring (bicyclic) bond motifs is 1. The lowest BCUT2D eigenvalue weighted by Gasteiger charge is -2.32. The molecule has 2 heterocycles. The van der Waals surface area contributed by atoms with Crippen molar-refractivity contribution >= 4 is 34.9 Å². The first-order chi connectivity index (χ1) is 14.8.